The third-order valence-electron chi connectivity index (χ3n) is 16.0. The Balaban J connectivity index is 0.000000178. The van der Waals surface area contributed by atoms with Gasteiger partial charge in [0.15, 0.2) is 49.0 Å². The maximum absolute atomic E-state index is 10.8. The topological polar surface area (TPSA) is 767 Å². The quantitative estimate of drug-likeness (QED) is 0.0243. The number of nitrogens with two attached hydrogens (primary N) is 3. The van der Waals surface area contributed by atoms with Gasteiger partial charge in [-0.3, -0.25) is 14.6 Å². The molecular weight excluding hydrogens is 1430 g/mol. The molecule has 0 bridgehead atoms. The molecule has 6 unspecified atom stereocenters. The summed E-state index contributed by atoms with van der Waals surface area (Å²) in [6.45, 7) is 3.69. The molecule has 49 nitrogen and oxygen atoms in total. The maximum atomic E-state index is 10.8. The average molecular weight is 1510 g/mol. The smallest absolute Gasteiger partial charge is 0.269 e. The molecule has 49 heteroatoms. The van der Waals surface area contributed by atoms with Crippen molar-refractivity contribution in [3.05, 3.63) is 84.8 Å². The number of carbonyl (C=O) groups excluding carboxylic acids is 2. The van der Waals surface area contributed by atoms with E-state index in [0.717, 1.165) is 4.68 Å². The van der Waals surface area contributed by atoms with Crippen LogP contribution >= 0.6 is 0 Å². The first-order valence-electron chi connectivity index (χ1n) is 31.7. The Bertz CT molecular complexity index is 3840. The van der Waals surface area contributed by atoms with Crippen molar-refractivity contribution in [2.75, 3.05) is 46.7 Å². The molecule has 12 heterocycles. The molecule has 6 fully saturated rings. The van der Waals surface area contributed by atoms with Crippen LogP contribution in [0.5, 0.6) is 0 Å². The second-order valence-corrected chi connectivity index (χ2v) is 24.8. The van der Waals surface area contributed by atoms with Crippen molar-refractivity contribution < 1.29 is 140 Å². The molecule has 12 rings (SSSR count). The lowest BCUT2D eigenvalue weighted by atomic mass is 10.1. The van der Waals surface area contributed by atoms with E-state index in [1.807, 2.05) is 0 Å². The van der Waals surface area contributed by atoms with E-state index in [1.165, 1.54) is 108 Å². The number of rotatable bonds is 16. The first kappa shape index (κ1) is 84.7. The normalized spacial score (nSPS) is 32.5. The fourth-order valence-corrected chi connectivity index (χ4v) is 10.2. The van der Waals surface area contributed by atoms with Gasteiger partial charge in [0, 0.05) is 19.4 Å². The summed E-state index contributed by atoms with van der Waals surface area (Å²) in [5, 5.41) is 217. The molecule has 2 amide bonds. The largest absolute Gasteiger partial charge is 0.394 e. The number of hydrogen-bond acceptors (Lipinski definition) is 40. The second kappa shape index (κ2) is 36.8. The van der Waals surface area contributed by atoms with Crippen molar-refractivity contribution >= 4 is 17.6 Å². The van der Waals surface area contributed by atoms with Crippen LogP contribution in [0.1, 0.15) is 109 Å². The minimum absolute atomic E-state index is 0.0303. The van der Waals surface area contributed by atoms with E-state index in [-0.39, 0.29) is 40.5 Å². The SMILES string of the molecule is CC(C)(O)C#Cc1ncn([C@@H]2O[C@H](CO)C(O)[C@@H]2O)n1.CC(C)(O)c1ncn([C@@H]2O[C@H](CO)C(O)[C@@H]2O)n1.CN=C(N)c1ncn([C@@H]2O[C@H](CO)C(O)[C@@H]2O)n1.N#Cc1ncn([C@@H]2O[C@H](CO)C(O)[C@@H]2O)n1.NC(=O)c1ccn([C@@H]2O[C@H](CO)C(O)[C@@H]2O)n1.NC(=O)c1cn([C@@H]2O[C@H](CO)C(O)[C@@H]2O)cn1. The van der Waals surface area contributed by atoms with Crippen molar-refractivity contribution in [3.8, 4) is 17.9 Å². The van der Waals surface area contributed by atoms with Gasteiger partial charge in [0.25, 0.3) is 17.6 Å². The highest BCUT2D eigenvalue weighted by molar-refractivity contribution is 5.93. The van der Waals surface area contributed by atoms with Crippen molar-refractivity contribution in [3.63, 3.8) is 0 Å². The lowest BCUT2D eigenvalue weighted by molar-refractivity contribution is -0.0595. The van der Waals surface area contributed by atoms with Crippen LogP contribution in [0.4, 0.5) is 0 Å². The van der Waals surface area contributed by atoms with Crippen LogP contribution in [-0.4, -0.2) is 360 Å². The van der Waals surface area contributed by atoms with Crippen LogP contribution < -0.4 is 17.2 Å². The first-order valence-corrected chi connectivity index (χ1v) is 31.7. The number of amidine groups is 1. The standard InChI is InChI=1S/C12H17N3O5.C10H17N3O5.C9H15N5O4.2C9H13N3O5.C8H10N4O4/c1-12(2,19)4-3-8-13-6-15(14-8)11-10(18)9(17)7(5-16)20-11;1-10(2,17)9-11-4-13(12-9)8-7(16)6(15)5(3-14)18-8;1-11-7(10)8-12-3-14(13-8)9-6(17)5(16)4(2-15)18-9;10-8(16)4-1-12(3-11-4)9-7(15)6(14)5(2-13)17-9;10-8(16)4-1-2-12(11-4)9-7(15)6(14)5(3-13)17-9;9-1-5-10-3-12(11-5)8-7(15)6(14)4(2-13)16-8/h6-7,9-11,16-19H,5H2,1-2H3;4-8,14-17H,3H2,1-2H3;3-6,9,15-17H,2H2,1H3,(H2,10,11);1,3,5-7,9,13-15H,2H2,(H2,10,16);1-2,5-7,9,13-15H,3H2,(H2,10,16);3-4,6-8,13-15H,2H2/t7-,9?,10+,11-;5-,6?,7+,8-;4-,5?,6+,9-;2*5-,6?,7+,9-;4-,6?,7+,8-/m111111/s1. The van der Waals surface area contributed by atoms with Gasteiger partial charge in [-0.05, 0) is 39.7 Å². The molecule has 0 aromatic carbocycles. The van der Waals surface area contributed by atoms with Gasteiger partial charge in [-0.1, -0.05) is 5.92 Å². The van der Waals surface area contributed by atoms with E-state index in [2.05, 4.69) is 67.2 Å². The third-order valence-corrected chi connectivity index (χ3v) is 16.0. The highest BCUT2D eigenvalue weighted by Gasteiger charge is 2.49. The molecule has 26 N–H and O–H groups in total. The summed E-state index contributed by atoms with van der Waals surface area (Å²) in [5.74, 6) is 4.38. The number of hydrogen-bond donors (Lipinski definition) is 23. The van der Waals surface area contributed by atoms with Gasteiger partial charge < -0.3 is 152 Å². The second-order valence-electron chi connectivity index (χ2n) is 24.8. The van der Waals surface area contributed by atoms with E-state index in [1.54, 1.807) is 6.07 Å². The van der Waals surface area contributed by atoms with Crippen LogP contribution in [0.2, 0.25) is 0 Å². The summed E-state index contributed by atoms with van der Waals surface area (Å²) in [5.41, 5.74) is 13.3. The Morgan fingerprint density at radius 1 is 0.462 bits per heavy atom. The summed E-state index contributed by atoms with van der Waals surface area (Å²) < 4.78 is 38.8. The Morgan fingerprint density at radius 2 is 0.811 bits per heavy atom. The Morgan fingerprint density at radius 3 is 1.14 bits per heavy atom. The zero-order chi connectivity index (χ0) is 78.6. The molecule has 0 aliphatic carbocycles. The molecular formula is C57H85N21O28. The van der Waals surface area contributed by atoms with E-state index in [9.17, 15) is 81.1 Å². The monoisotopic (exact) mass is 1510 g/mol. The van der Waals surface area contributed by atoms with Gasteiger partial charge in [-0.25, -0.2) is 48.3 Å². The maximum Gasteiger partial charge on any atom is 0.269 e. The molecule has 6 saturated heterocycles. The number of nitrogens with zero attached hydrogens (tertiary/aromatic N) is 18. The summed E-state index contributed by atoms with van der Waals surface area (Å²) in [4.78, 5) is 44.5. The van der Waals surface area contributed by atoms with Crippen LogP contribution in [-0.2, 0) is 34.0 Å². The van der Waals surface area contributed by atoms with E-state index >= 15 is 0 Å². The molecule has 586 valence electrons. The minimum Gasteiger partial charge on any atom is -0.394 e. The number of aliphatic hydroxyl groups excluding tert-OH is 18. The molecule has 6 aromatic heterocycles. The molecule has 0 radical (unpaired) electrons. The number of aliphatic imine (C=N–C) groups is 1. The van der Waals surface area contributed by atoms with Gasteiger partial charge in [0.05, 0.1) is 46.0 Å². The molecule has 106 heavy (non-hydrogen) atoms. The lowest BCUT2D eigenvalue weighted by Crippen LogP contribution is -2.33. The van der Waals surface area contributed by atoms with Crippen LogP contribution in [0.25, 0.3) is 0 Å². The Labute approximate surface area is 597 Å². The highest BCUT2D eigenvalue weighted by Crippen LogP contribution is 2.34. The molecule has 6 aromatic rings. The zero-order valence-electron chi connectivity index (χ0n) is 56.7. The summed E-state index contributed by atoms with van der Waals surface area (Å²) in [6, 6.07) is 3.10. The van der Waals surface area contributed by atoms with Crippen molar-refractivity contribution in [2.24, 2.45) is 22.2 Å². The van der Waals surface area contributed by atoms with Gasteiger partial charge >= 0.3 is 0 Å². The molecule has 6 aliphatic rings. The number of carbonyl (C=O) groups is 2. The van der Waals surface area contributed by atoms with E-state index in [0.29, 0.717) is 0 Å². The number of nitriles is 1. The van der Waals surface area contributed by atoms with Crippen LogP contribution in [0.3, 0.4) is 0 Å². The van der Waals surface area contributed by atoms with Gasteiger partial charge in [-0.15, -0.1) is 15.3 Å². The van der Waals surface area contributed by atoms with Gasteiger partial charge in [-0.2, -0.15) is 15.5 Å². The number of ether oxygens (including phenoxy) is 6. The van der Waals surface area contributed by atoms with Gasteiger partial charge in [0.2, 0.25) is 11.6 Å². The average Bonchev–Trinajstić information content (AvgIpc) is 1.68. The van der Waals surface area contributed by atoms with Crippen molar-refractivity contribution in [2.45, 2.75) is 186 Å². The molecule has 6 aliphatic heterocycles. The fourth-order valence-electron chi connectivity index (χ4n) is 10.2. The number of imidazole rings is 1. The number of amides is 2. The Kier molecular flexibility index (Phi) is 29.4. The summed E-state index contributed by atoms with van der Waals surface area (Å²) >= 11 is 0. The van der Waals surface area contributed by atoms with Crippen molar-refractivity contribution in [1.82, 2.24) is 78.4 Å². The van der Waals surface area contributed by atoms with Crippen LogP contribution in [0, 0.1) is 23.2 Å². The number of aromatic nitrogens is 16. The third kappa shape index (κ3) is 20.2. The predicted octanol–water partition coefficient (Wildman–Crippen LogP) is -13.7. The predicted molar refractivity (Wildman–Crippen MR) is 339 cm³/mol. The highest BCUT2D eigenvalue weighted by atomic mass is 16.6. The molecule has 0 spiro atoms. The summed E-state index contributed by atoms with van der Waals surface area (Å²) in [6.07, 6.45) is -16.1. The lowest BCUT2D eigenvalue weighted by Gasteiger charge is -2.15. The zero-order valence-corrected chi connectivity index (χ0v) is 56.7. The minimum atomic E-state index is -1.23. The van der Waals surface area contributed by atoms with Crippen LogP contribution in [0.15, 0.2) is 55.1 Å². The summed E-state index contributed by atoms with van der Waals surface area (Å²) in [7, 11) is 1.50. The van der Waals surface area contributed by atoms with Crippen molar-refractivity contribution in [1.29, 1.82) is 5.26 Å². The van der Waals surface area contributed by atoms with Gasteiger partial charge in [0.1, 0.15) is 164 Å². The number of aliphatic hydroxyl groups is 20. The first-order chi connectivity index (χ1) is 50.0. The fraction of sp³-hybridized carbons (Fsp3) is 0.649. The Hall–Kier alpha value is -8.60. The van der Waals surface area contributed by atoms with E-state index in [4.69, 9.17) is 81.5 Å². The number of primary amides is 2. The molecule has 0 saturated carbocycles. The molecule has 24 atom stereocenters. The van der Waals surface area contributed by atoms with E-state index < -0.39 is 210 Å².